The SMILES string of the molecule is O=C(CNC(=O)C1CCC(C(=O)O)CC1)Nc1ccc(F)cc1. The minimum Gasteiger partial charge on any atom is -0.481 e. The smallest absolute Gasteiger partial charge is 0.306 e. The molecule has 2 amide bonds. The Labute approximate surface area is 133 Å². The standard InChI is InChI=1S/C16H19FN2O4/c17-12-5-7-13(8-6-12)19-14(20)9-18-15(21)10-1-3-11(4-2-10)16(22)23/h5-8,10-11H,1-4,9H2,(H,18,21)(H,19,20)(H,22,23). The zero-order chi connectivity index (χ0) is 16.8. The van der Waals surface area contributed by atoms with Gasteiger partial charge in [0.25, 0.3) is 0 Å². The molecule has 7 heteroatoms. The number of hydrogen-bond acceptors (Lipinski definition) is 3. The lowest BCUT2D eigenvalue weighted by molar-refractivity contribution is -0.144. The number of carboxylic acid groups (broad SMARTS) is 1. The summed E-state index contributed by atoms with van der Waals surface area (Å²) in [5, 5.41) is 14.0. The molecular formula is C16H19FN2O4. The molecule has 1 aliphatic carbocycles. The maximum absolute atomic E-state index is 12.8. The Hall–Kier alpha value is -2.44. The van der Waals surface area contributed by atoms with Crippen molar-refractivity contribution in [3.63, 3.8) is 0 Å². The van der Waals surface area contributed by atoms with E-state index in [1.807, 2.05) is 0 Å². The van der Waals surface area contributed by atoms with E-state index < -0.39 is 17.7 Å². The van der Waals surface area contributed by atoms with Crippen molar-refractivity contribution in [2.75, 3.05) is 11.9 Å². The molecule has 23 heavy (non-hydrogen) atoms. The summed E-state index contributed by atoms with van der Waals surface area (Å²) < 4.78 is 12.8. The summed E-state index contributed by atoms with van der Waals surface area (Å²) in [6.45, 7) is -0.172. The van der Waals surface area contributed by atoms with E-state index in [1.165, 1.54) is 24.3 Å². The fourth-order valence-corrected chi connectivity index (χ4v) is 2.65. The Morgan fingerprint density at radius 3 is 2.17 bits per heavy atom. The van der Waals surface area contributed by atoms with E-state index in [0.29, 0.717) is 31.4 Å². The summed E-state index contributed by atoms with van der Waals surface area (Å²) in [5.74, 6) is -2.46. The number of amides is 2. The van der Waals surface area contributed by atoms with Crippen LogP contribution in [0.3, 0.4) is 0 Å². The molecule has 0 atom stereocenters. The summed E-state index contributed by atoms with van der Waals surface area (Å²) in [5.41, 5.74) is 0.451. The van der Waals surface area contributed by atoms with Gasteiger partial charge in [0.15, 0.2) is 0 Å². The first-order chi connectivity index (χ1) is 11.0. The first kappa shape index (κ1) is 16.9. The lowest BCUT2D eigenvalue weighted by Gasteiger charge is -2.25. The number of carbonyl (C=O) groups is 3. The maximum atomic E-state index is 12.8. The van der Waals surface area contributed by atoms with Gasteiger partial charge in [-0.15, -0.1) is 0 Å². The molecule has 2 rings (SSSR count). The number of hydrogen-bond donors (Lipinski definition) is 3. The molecule has 1 saturated carbocycles. The van der Waals surface area contributed by atoms with Gasteiger partial charge in [0.05, 0.1) is 12.5 Å². The molecule has 3 N–H and O–H groups in total. The number of benzene rings is 1. The van der Waals surface area contributed by atoms with Crippen molar-refractivity contribution in [3.8, 4) is 0 Å². The van der Waals surface area contributed by atoms with E-state index in [1.54, 1.807) is 0 Å². The minimum atomic E-state index is -0.817. The highest BCUT2D eigenvalue weighted by molar-refractivity contribution is 5.94. The highest BCUT2D eigenvalue weighted by atomic mass is 19.1. The van der Waals surface area contributed by atoms with Gasteiger partial charge in [0, 0.05) is 11.6 Å². The molecule has 1 aromatic rings. The molecule has 0 aromatic heterocycles. The molecule has 0 saturated heterocycles. The van der Waals surface area contributed by atoms with Gasteiger partial charge in [0.2, 0.25) is 11.8 Å². The number of nitrogens with one attached hydrogen (secondary N) is 2. The fraction of sp³-hybridized carbons (Fsp3) is 0.438. The van der Waals surface area contributed by atoms with Gasteiger partial charge < -0.3 is 15.7 Å². The average molecular weight is 322 g/mol. The third kappa shape index (κ3) is 5.05. The normalized spacial score (nSPS) is 20.6. The molecule has 0 bridgehead atoms. The Bertz CT molecular complexity index is 580. The second kappa shape index (κ2) is 7.71. The fourth-order valence-electron chi connectivity index (χ4n) is 2.65. The van der Waals surface area contributed by atoms with Crippen LogP contribution in [-0.4, -0.2) is 29.4 Å². The highest BCUT2D eigenvalue weighted by Gasteiger charge is 2.29. The first-order valence-corrected chi connectivity index (χ1v) is 7.51. The zero-order valence-corrected chi connectivity index (χ0v) is 12.5. The monoisotopic (exact) mass is 322 g/mol. The topological polar surface area (TPSA) is 95.5 Å². The molecule has 0 unspecified atom stereocenters. The van der Waals surface area contributed by atoms with Gasteiger partial charge in [-0.3, -0.25) is 14.4 Å². The second-order valence-electron chi connectivity index (χ2n) is 5.66. The van der Waals surface area contributed by atoms with Gasteiger partial charge in [-0.2, -0.15) is 0 Å². The lowest BCUT2D eigenvalue weighted by atomic mass is 9.81. The number of halogens is 1. The van der Waals surface area contributed by atoms with E-state index in [2.05, 4.69) is 10.6 Å². The van der Waals surface area contributed by atoms with Crippen LogP contribution in [-0.2, 0) is 14.4 Å². The van der Waals surface area contributed by atoms with Crippen LogP contribution >= 0.6 is 0 Å². The highest BCUT2D eigenvalue weighted by Crippen LogP contribution is 2.28. The number of rotatable bonds is 5. The van der Waals surface area contributed by atoms with Crippen LogP contribution in [0.25, 0.3) is 0 Å². The molecule has 0 heterocycles. The average Bonchev–Trinajstić information content (AvgIpc) is 2.55. The van der Waals surface area contributed by atoms with E-state index in [4.69, 9.17) is 5.11 Å². The molecule has 1 aromatic carbocycles. The van der Waals surface area contributed by atoms with Gasteiger partial charge in [-0.25, -0.2) is 4.39 Å². The van der Waals surface area contributed by atoms with Gasteiger partial charge in [-0.05, 0) is 49.9 Å². The molecule has 0 spiro atoms. The summed E-state index contributed by atoms with van der Waals surface area (Å²) in [4.78, 5) is 34.6. The predicted octanol–water partition coefficient (Wildman–Crippen LogP) is 1.77. The maximum Gasteiger partial charge on any atom is 0.306 e. The van der Waals surface area contributed by atoms with E-state index in [0.717, 1.165) is 0 Å². The summed E-state index contributed by atoms with van der Waals surface area (Å²) in [6, 6.07) is 5.33. The van der Waals surface area contributed by atoms with E-state index in [-0.39, 0.29) is 24.3 Å². The van der Waals surface area contributed by atoms with Crippen molar-refractivity contribution in [1.82, 2.24) is 5.32 Å². The third-order valence-electron chi connectivity index (χ3n) is 4.00. The van der Waals surface area contributed by atoms with Crippen molar-refractivity contribution >= 4 is 23.5 Å². The summed E-state index contributed by atoms with van der Waals surface area (Å²) in [6.07, 6.45) is 2.00. The van der Waals surface area contributed by atoms with Crippen molar-refractivity contribution in [2.24, 2.45) is 11.8 Å². The number of anilines is 1. The van der Waals surface area contributed by atoms with Gasteiger partial charge in [0.1, 0.15) is 5.82 Å². The summed E-state index contributed by atoms with van der Waals surface area (Å²) >= 11 is 0. The van der Waals surface area contributed by atoms with Crippen LogP contribution in [0.4, 0.5) is 10.1 Å². The Morgan fingerprint density at radius 2 is 1.61 bits per heavy atom. The molecule has 1 fully saturated rings. The largest absolute Gasteiger partial charge is 0.481 e. The van der Waals surface area contributed by atoms with Crippen LogP contribution in [0, 0.1) is 17.7 Å². The lowest BCUT2D eigenvalue weighted by Crippen LogP contribution is -2.38. The molecule has 0 aliphatic heterocycles. The quantitative estimate of drug-likeness (QED) is 0.770. The molecule has 0 radical (unpaired) electrons. The minimum absolute atomic E-state index is 0.172. The predicted molar refractivity (Wildman–Crippen MR) is 81.1 cm³/mol. The van der Waals surface area contributed by atoms with Crippen molar-refractivity contribution in [3.05, 3.63) is 30.1 Å². The molecule has 1 aliphatic rings. The number of aliphatic carboxylic acids is 1. The van der Waals surface area contributed by atoms with Gasteiger partial charge >= 0.3 is 5.97 Å². The first-order valence-electron chi connectivity index (χ1n) is 7.51. The van der Waals surface area contributed by atoms with Crippen molar-refractivity contribution < 1.29 is 23.9 Å². The van der Waals surface area contributed by atoms with Gasteiger partial charge in [-0.1, -0.05) is 0 Å². The third-order valence-corrected chi connectivity index (χ3v) is 4.00. The summed E-state index contributed by atoms with van der Waals surface area (Å²) in [7, 11) is 0. The van der Waals surface area contributed by atoms with Crippen LogP contribution < -0.4 is 10.6 Å². The number of carboxylic acids is 1. The van der Waals surface area contributed by atoms with Crippen molar-refractivity contribution in [1.29, 1.82) is 0 Å². The Kier molecular flexibility index (Phi) is 5.67. The Morgan fingerprint density at radius 1 is 1.04 bits per heavy atom. The molecule has 6 nitrogen and oxygen atoms in total. The molecule has 124 valence electrons. The Balaban J connectivity index is 1.73. The van der Waals surface area contributed by atoms with Crippen LogP contribution in [0.1, 0.15) is 25.7 Å². The second-order valence-corrected chi connectivity index (χ2v) is 5.66. The molecular weight excluding hydrogens is 303 g/mol. The van der Waals surface area contributed by atoms with Crippen LogP contribution in [0.15, 0.2) is 24.3 Å². The van der Waals surface area contributed by atoms with E-state index in [9.17, 15) is 18.8 Å². The zero-order valence-electron chi connectivity index (χ0n) is 12.5. The number of carbonyl (C=O) groups excluding carboxylic acids is 2. The van der Waals surface area contributed by atoms with Crippen LogP contribution in [0.5, 0.6) is 0 Å². The van der Waals surface area contributed by atoms with Crippen LogP contribution in [0.2, 0.25) is 0 Å². The van der Waals surface area contributed by atoms with Crippen molar-refractivity contribution in [2.45, 2.75) is 25.7 Å². The van der Waals surface area contributed by atoms with E-state index >= 15 is 0 Å².